The van der Waals surface area contributed by atoms with Crippen molar-refractivity contribution in [3.8, 4) is 11.5 Å². The number of ketones is 2. The summed E-state index contributed by atoms with van der Waals surface area (Å²) in [5, 5.41) is 10.3. The molecule has 1 aromatic rings. The molecule has 2 aliphatic carbocycles. The molecule has 1 aromatic carbocycles. The number of carbonyl (C=O) groups is 2. The lowest BCUT2D eigenvalue weighted by molar-refractivity contribution is -0.117. The molecule has 7 heteroatoms. The highest BCUT2D eigenvalue weighted by molar-refractivity contribution is 9.10. The third kappa shape index (κ3) is 3.48. The standard InChI is InChI=1S/C23H26BrNO5/c1-29-10-9-25-15-5-3-7-17(26)21(15)20(22-16(25)6-4-8-18(22)27)13-11-14(24)23(28)19(12-13)30-2/h11-12,20,28H,3-10H2,1-2H3. The fourth-order valence-electron chi connectivity index (χ4n) is 4.92. The van der Waals surface area contributed by atoms with Crippen LogP contribution in [0.4, 0.5) is 0 Å². The number of nitrogens with zero attached hydrogens (tertiary/aromatic N) is 1. The maximum absolute atomic E-state index is 13.2. The first kappa shape index (κ1) is 21.1. The summed E-state index contributed by atoms with van der Waals surface area (Å²) in [6.07, 6.45) is 4.21. The maximum atomic E-state index is 13.2. The van der Waals surface area contributed by atoms with Crippen LogP contribution in [0.5, 0.6) is 11.5 Å². The Kier molecular flexibility index (Phi) is 6.02. The van der Waals surface area contributed by atoms with Crippen LogP contribution in [0, 0.1) is 0 Å². The van der Waals surface area contributed by atoms with Gasteiger partial charge in [0.15, 0.2) is 23.1 Å². The SMILES string of the molecule is COCCN1C2=C(C(=O)CCC2)C(c2cc(Br)c(O)c(OC)c2)C2=C1CCCC2=O. The molecule has 0 atom stereocenters. The number of hydrogen-bond acceptors (Lipinski definition) is 6. The zero-order valence-electron chi connectivity index (χ0n) is 17.3. The number of halogens is 1. The van der Waals surface area contributed by atoms with Crippen molar-refractivity contribution in [3.63, 3.8) is 0 Å². The van der Waals surface area contributed by atoms with Gasteiger partial charge in [0.2, 0.25) is 0 Å². The molecule has 1 N–H and O–H groups in total. The van der Waals surface area contributed by atoms with Gasteiger partial charge in [0, 0.05) is 55.0 Å². The van der Waals surface area contributed by atoms with Crippen molar-refractivity contribution in [1.29, 1.82) is 0 Å². The molecule has 1 aliphatic heterocycles. The quantitative estimate of drug-likeness (QED) is 0.686. The van der Waals surface area contributed by atoms with Gasteiger partial charge in [-0.25, -0.2) is 0 Å². The van der Waals surface area contributed by atoms with Crippen LogP contribution in [0.25, 0.3) is 0 Å². The molecular weight excluding hydrogens is 450 g/mol. The van der Waals surface area contributed by atoms with Gasteiger partial charge in [-0.05, 0) is 59.3 Å². The second kappa shape index (κ2) is 8.55. The molecule has 0 saturated heterocycles. The van der Waals surface area contributed by atoms with Crippen molar-refractivity contribution in [2.24, 2.45) is 0 Å². The Labute approximate surface area is 184 Å². The topological polar surface area (TPSA) is 76.1 Å². The van der Waals surface area contributed by atoms with Gasteiger partial charge in [0.1, 0.15) is 0 Å². The molecule has 1 heterocycles. The Hall–Kier alpha value is -2.12. The lowest BCUT2D eigenvalue weighted by Gasteiger charge is -2.44. The van der Waals surface area contributed by atoms with Crippen LogP contribution >= 0.6 is 15.9 Å². The Balaban J connectivity index is 1.95. The van der Waals surface area contributed by atoms with Gasteiger partial charge in [0.05, 0.1) is 18.2 Å². The number of rotatable bonds is 5. The van der Waals surface area contributed by atoms with Crippen LogP contribution < -0.4 is 4.74 Å². The molecule has 160 valence electrons. The second-order valence-corrected chi connectivity index (χ2v) is 8.76. The molecule has 0 saturated carbocycles. The van der Waals surface area contributed by atoms with Crippen molar-refractivity contribution >= 4 is 27.5 Å². The highest BCUT2D eigenvalue weighted by Crippen LogP contribution is 2.50. The summed E-state index contributed by atoms with van der Waals surface area (Å²) < 4.78 is 11.2. The van der Waals surface area contributed by atoms with Gasteiger partial charge in [-0.3, -0.25) is 9.59 Å². The molecular formula is C23H26BrNO5. The van der Waals surface area contributed by atoms with Crippen molar-refractivity contribution in [2.45, 2.75) is 44.4 Å². The van der Waals surface area contributed by atoms with Crippen LogP contribution in [-0.4, -0.2) is 48.9 Å². The number of phenols is 1. The molecule has 0 aromatic heterocycles. The lowest BCUT2D eigenvalue weighted by Crippen LogP contribution is -2.40. The first-order valence-corrected chi connectivity index (χ1v) is 11.1. The van der Waals surface area contributed by atoms with Gasteiger partial charge in [-0.1, -0.05) is 0 Å². The molecule has 3 aliphatic rings. The van der Waals surface area contributed by atoms with E-state index in [1.165, 1.54) is 7.11 Å². The van der Waals surface area contributed by atoms with E-state index >= 15 is 0 Å². The number of carbonyl (C=O) groups excluding carboxylic acids is 2. The first-order chi connectivity index (χ1) is 14.5. The minimum Gasteiger partial charge on any atom is -0.503 e. The number of Topliss-reactive ketones (excluding diaryl/α,β-unsaturated/α-hetero) is 2. The summed E-state index contributed by atoms with van der Waals surface area (Å²) >= 11 is 3.40. The summed E-state index contributed by atoms with van der Waals surface area (Å²) in [5.41, 5.74) is 4.25. The number of hydrogen-bond donors (Lipinski definition) is 1. The van der Waals surface area contributed by atoms with E-state index in [0.717, 1.165) is 42.6 Å². The molecule has 0 amide bonds. The average molecular weight is 476 g/mol. The fraction of sp³-hybridized carbons (Fsp3) is 0.478. The van der Waals surface area contributed by atoms with E-state index in [0.29, 0.717) is 47.4 Å². The minimum absolute atomic E-state index is 0.00660. The summed E-state index contributed by atoms with van der Waals surface area (Å²) in [6, 6.07) is 3.54. The summed E-state index contributed by atoms with van der Waals surface area (Å²) in [7, 11) is 3.15. The van der Waals surface area contributed by atoms with Crippen LogP contribution in [0.1, 0.15) is 50.0 Å². The second-order valence-electron chi connectivity index (χ2n) is 7.91. The van der Waals surface area contributed by atoms with Crippen molar-refractivity contribution in [2.75, 3.05) is 27.4 Å². The summed E-state index contributed by atoms with van der Waals surface area (Å²) in [6.45, 7) is 1.16. The number of benzene rings is 1. The average Bonchev–Trinajstić information content (AvgIpc) is 2.74. The molecule has 0 bridgehead atoms. The third-order valence-electron chi connectivity index (χ3n) is 6.21. The molecule has 0 radical (unpaired) electrons. The lowest BCUT2D eigenvalue weighted by atomic mass is 9.71. The molecule has 6 nitrogen and oxygen atoms in total. The van der Waals surface area contributed by atoms with E-state index in [-0.39, 0.29) is 17.3 Å². The summed E-state index contributed by atoms with van der Waals surface area (Å²) in [5.74, 6) is 0.0813. The molecule has 30 heavy (non-hydrogen) atoms. The minimum atomic E-state index is -0.430. The zero-order valence-corrected chi connectivity index (χ0v) is 18.9. The molecule has 4 rings (SSSR count). The van der Waals surface area contributed by atoms with E-state index in [4.69, 9.17) is 9.47 Å². The summed E-state index contributed by atoms with van der Waals surface area (Å²) in [4.78, 5) is 28.5. The zero-order chi connectivity index (χ0) is 21.4. The molecule has 0 spiro atoms. The van der Waals surface area contributed by atoms with Crippen molar-refractivity contribution in [3.05, 3.63) is 44.7 Å². The molecule has 0 fully saturated rings. The number of methoxy groups -OCH3 is 2. The van der Waals surface area contributed by atoms with E-state index < -0.39 is 5.92 Å². The van der Waals surface area contributed by atoms with E-state index in [1.807, 2.05) is 0 Å². The highest BCUT2D eigenvalue weighted by Gasteiger charge is 2.43. The number of aromatic hydroxyl groups is 1. The van der Waals surface area contributed by atoms with Crippen LogP contribution in [0.2, 0.25) is 0 Å². The van der Waals surface area contributed by atoms with E-state index in [1.54, 1.807) is 19.2 Å². The van der Waals surface area contributed by atoms with E-state index in [2.05, 4.69) is 20.8 Å². The molecule has 0 unspecified atom stereocenters. The Morgan fingerprint density at radius 1 is 1.03 bits per heavy atom. The van der Waals surface area contributed by atoms with Gasteiger partial charge in [-0.15, -0.1) is 0 Å². The maximum Gasteiger partial charge on any atom is 0.172 e. The highest BCUT2D eigenvalue weighted by atomic mass is 79.9. The predicted octanol–water partition coefficient (Wildman–Crippen LogP) is 4.22. The van der Waals surface area contributed by atoms with Gasteiger partial charge in [0.25, 0.3) is 0 Å². The predicted molar refractivity (Wildman–Crippen MR) is 115 cm³/mol. The smallest absolute Gasteiger partial charge is 0.172 e. The van der Waals surface area contributed by atoms with Gasteiger partial charge in [-0.2, -0.15) is 0 Å². The number of phenolic OH excluding ortho intramolecular Hbond substituents is 1. The number of ether oxygens (including phenoxy) is 2. The largest absolute Gasteiger partial charge is 0.503 e. The third-order valence-corrected chi connectivity index (χ3v) is 6.81. The normalized spacial score (nSPS) is 19.9. The van der Waals surface area contributed by atoms with Crippen LogP contribution in [0.3, 0.4) is 0 Å². The van der Waals surface area contributed by atoms with Gasteiger partial charge >= 0.3 is 0 Å². The first-order valence-electron chi connectivity index (χ1n) is 10.3. The van der Waals surface area contributed by atoms with Crippen molar-refractivity contribution < 1.29 is 24.2 Å². The van der Waals surface area contributed by atoms with Gasteiger partial charge < -0.3 is 19.5 Å². The Morgan fingerprint density at radius 3 is 2.17 bits per heavy atom. The van der Waals surface area contributed by atoms with Crippen molar-refractivity contribution in [1.82, 2.24) is 4.90 Å². The fourth-order valence-corrected chi connectivity index (χ4v) is 5.38. The van der Waals surface area contributed by atoms with E-state index in [9.17, 15) is 14.7 Å². The number of allylic oxidation sites excluding steroid dienone is 4. The Morgan fingerprint density at radius 2 is 1.63 bits per heavy atom. The van der Waals surface area contributed by atoms with Crippen LogP contribution in [0.15, 0.2) is 39.1 Å². The monoisotopic (exact) mass is 475 g/mol. The van der Waals surface area contributed by atoms with Crippen LogP contribution in [-0.2, 0) is 14.3 Å². The Bertz CT molecular complexity index is 921.